The van der Waals surface area contributed by atoms with Crippen LogP contribution in [0.5, 0.6) is 0 Å². The molecule has 0 amide bonds. The molecule has 0 heteroatoms. The summed E-state index contributed by atoms with van der Waals surface area (Å²) in [6, 6.07) is 9.48. The van der Waals surface area contributed by atoms with Crippen LogP contribution >= 0.6 is 0 Å². The second-order valence-electron chi connectivity index (χ2n) is 10.3. The summed E-state index contributed by atoms with van der Waals surface area (Å²) in [5.74, 6) is 1.69. The Morgan fingerprint density at radius 2 is 0.933 bits per heavy atom. The Morgan fingerprint density at radius 3 is 1.27 bits per heavy atom. The number of hydrogen-bond donors (Lipinski definition) is 0. The third-order valence-electron chi connectivity index (χ3n) is 8.36. The summed E-state index contributed by atoms with van der Waals surface area (Å²) < 4.78 is 0. The molecule has 0 atom stereocenters. The summed E-state index contributed by atoms with van der Waals surface area (Å²) in [7, 11) is 0. The molecule has 0 N–H and O–H groups in total. The summed E-state index contributed by atoms with van der Waals surface area (Å²) in [6.07, 6.45) is 21.8. The van der Waals surface area contributed by atoms with Crippen LogP contribution in [0.1, 0.15) is 102 Å². The zero-order chi connectivity index (χ0) is 20.5. The van der Waals surface area contributed by atoms with Gasteiger partial charge >= 0.3 is 0 Å². The normalized spacial score (nSPS) is 26.3. The fourth-order valence-corrected chi connectivity index (χ4v) is 6.13. The van der Waals surface area contributed by atoms with E-state index in [4.69, 9.17) is 0 Å². The van der Waals surface area contributed by atoms with Crippen LogP contribution in [0.25, 0.3) is 11.1 Å². The molecule has 0 heterocycles. The fraction of sp³-hybridized carbons (Fsp3) is 0.533. The van der Waals surface area contributed by atoms with Crippen molar-refractivity contribution in [3.8, 4) is 0 Å². The first-order valence-corrected chi connectivity index (χ1v) is 12.6. The Bertz CT molecular complexity index is 826. The van der Waals surface area contributed by atoms with Gasteiger partial charge in [-0.25, -0.2) is 0 Å². The predicted molar refractivity (Wildman–Crippen MR) is 130 cm³/mol. The molecular formula is C30H38. The molecule has 4 aliphatic carbocycles. The van der Waals surface area contributed by atoms with Gasteiger partial charge in [-0.1, -0.05) is 74.9 Å². The molecule has 0 saturated heterocycles. The molecule has 2 fully saturated rings. The number of hydrogen-bond acceptors (Lipinski definition) is 0. The van der Waals surface area contributed by atoms with Gasteiger partial charge in [0, 0.05) is 0 Å². The van der Waals surface area contributed by atoms with Crippen molar-refractivity contribution in [3.63, 3.8) is 0 Å². The highest BCUT2D eigenvalue weighted by molar-refractivity contribution is 5.85. The molecule has 1 aromatic carbocycles. The van der Waals surface area contributed by atoms with E-state index in [1.165, 1.54) is 88.2 Å². The van der Waals surface area contributed by atoms with E-state index in [1.54, 1.807) is 33.4 Å². The maximum Gasteiger partial charge on any atom is -0.00174 e. The van der Waals surface area contributed by atoms with E-state index in [2.05, 4.69) is 50.3 Å². The van der Waals surface area contributed by atoms with Gasteiger partial charge in [0.25, 0.3) is 0 Å². The van der Waals surface area contributed by atoms with Crippen molar-refractivity contribution in [1.82, 2.24) is 0 Å². The lowest BCUT2D eigenvalue weighted by Crippen LogP contribution is -2.11. The third-order valence-corrected chi connectivity index (χ3v) is 8.36. The van der Waals surface area contributed by atoms with Crippen molar-refractivity contribution in [2.24, 2.45) is 11.8 Å². The fourth-order valence-electron chi connectivity index (χ4n) is 6.13. The minimum absolute atomic E-state index is 0.844. The van der Waals surface area contributed by atoms with Gasteiger partial charge in [-0.05, 0) is 109 Å². The summed E-state index contributed by atoms with van der Waals surface area (Å²) in [5.41, 5.74) is 12.4. The van der Waals surface area contributed by atoms with E-state index >= 15 is 0 Å². The minimum atomic E-state index is 0.844. The van der Waals surface area contributed by atoms with E-state index in [0.717, 1.165) is 11.8 Å². The molecule has 0 unspecified atom stereocenters. The van der Waals surface area contributed by atoms with Gasteiger partial charge in [0.2, 0.25) is 0 Å². The molecular weight excluding hydrogens is 360 g/mol. The van der Waals surface area contributed by atoms with Crippen LogP contribution in [0.3, 0.4) is 0 Å². The summed E-state index contributed by atoms with van der Waals surface area (Å²) in [6.45, 7) is 4.67. The van der Waals surface area contributed by atoms with Crippen LogP contribution in [-0.4, -0.2) is 0 Å². The quantitative estimate of drug-likeness (QED) is 0.474. The Morgan fingerprint density at radius 1 is 0.567 bits per heavy atom. The topological polar surface area (TPSA) is 0 Å². The smallest absolute Gasteiger partial charge is 0.00174 e. The van der Waals surface area contributed by atoms with Gasteiger partial charge in [0.15, 0.2) is 0 Å². The molecule has 158 valence electrons. The first-order chi connectivity index (χ1) is 14.7. The van der Waals surface area contributed by atoms with Gasteiger partial charge in [-0.3, -0.25) is 0 Å². The second-order valence-corrected chi connectivity index (χ2v) is 10.3. The van der Waals surface area contributed by atoms with Crippen LogP contribution in [0.2, 0.25) is 0 Å². The van der Waals surface area contributed by atoms with E-state index in [0.29, 0.717) is 0 Å². The predicted octanol–water partition coefficient (Wildman–Crippen LogP) is 9.05. The highest BCUT2D eigenvalue weighted by Gasteiger charge is 2.25. The Balaban J connectivity index is 1.26. The zero-order valence-electron chi connectivity index (χ0n) is 19.1. The molecule has 0 bridgehead atoms. The van der Waals surface area contributed by atoms with E-state index in [-0.39, 0.29) is 0 Å². The van der Waals surface area contributed by atoms with Crippen LogP contribution in [0.4, 0.5) is 0 Å². The van der Waals surface area contributed by atoms with Gasteiger partial charge in [0.1, 0.15) is 0 Å². The summed E-state index contributed by atoms with van der Waals surface area (Å²) in [5, 5.41) is 0. The lowest BCUT2D eigenvalue weighted by Gasteiger charge is -2.30. The van der Waals surface area contributed by atoms with Crippen LogP contribution in [0.15, 0.2) is 58.7 Å². The Hall–Kier alpha value is -1.82. The average Bonchev–Trinajstić information content (AvgIpc) is 2.80. The summed E-state index contributed by atoms with van der Waals surface area (Å²) in [4.78, 5) is 0. The van der Waals surface area contributed by atoms with Crippen molar-refractivity contribution in [1.29, 1.82) is 0 Å². The largest absolute Gasteiger partial charge is 0.0776 e. The van der Waals surface area contributed by atoms with E-state index in [9.17, 15) is 0 Å². The first kappa shape index (κ1) is 20.1. The molecule has 30 heavy (non-hydrogen) atoms. The van der Waals surface area contributed by atoms with Crippen molar-refractivity contribution in [3.05, 3.63) is 69.8 Å². The van der Waals surface area contributed by atoms with Crippen LogP contribution in [0, 0.1) is 11.8 Å². The molecule has 0 aliphatic heterocycles. The molecule has 0 nitrogen and oxygen atoms in total. The molecule has 2 saturated carbocycles. The van der Waals surface area contributed by atoms with E-state index < -0.39 is 0 Å². The van der Waals surface area contributed by atoms with Crippen LogP contribution in [-0.2, 0) is 0 Å². The number of rotatable bonds is 4. The second kappa shape index (κ2) is 8.74. The number of allylic oxidation sites excluding steroid dienone is 8. The van der Waals surface area contributed by atoms with Crippen molar-refractivity contribution in [2.45, 2.75) is 90.9 Å². The van der Waals surface area contributed by atoms with Gasteiger partial charge < -0.3 is 0 Å². The molecule has 0 aromatic heterocycles. The maximum atomic E-state index is 2.61. The highest BCUT2D eigenvalue weighted by atomic mass is 14.3. The van der Waals surface area contributed by atoms with Gasteiger partial charge in [-0.15, -0.1) is 0 Å². The summed E-state index contributed by atoms with van der Waals surface area (Å²) >= 11 is 0. The molecule has 4 aliphatic rings. The maximum absolute atomic E-state index is 2.61. The van der Waals surface area contributed by atoms with Crippen molar-refractivity contribution >= 4 is 11.1 Å². The molecule has 5 rings (SSSR count). The lowest BCUT2D eigenvalue weighted by atomic mass is 9.75. The molecule has 0 radical (unpaired) electrons. The third kappa shape index (κ3) is 4.03. The van der Waals surface area contributed by atoms with Gasteiger partial charge in [-0.2, -0.15) is 0 Å². The highest BCUT2D eigenvalue weighted by Crippen LogP contribution is 2.45. The van der Waals surface area contributed by atoms with Crippen molar-refractivity contribution in [2.75, 3.05) is 0 Å². The monoisotopic (exact) mass is 398 g/mol. The average molecular weight is 399 g/mol. The van der Waals surface area contributed by atoms with Crippen LogP contribution < -0.4 is 0 Å². The number of benzene rings is 1. The van der Waals surface area contributed by atoms with Crippen molar-refractivity contribution < 1.29 is 0 Å². The first-order valence-electron chi connectivity index (χ1n) is 12.6. The Labute approximate surface area is 183 Å². The minimum Gasteiger partial charge on any atom is -0.0776 e. The lowest BCUT2D eigenvalue weighted by molar-refractivity contribution is 0.417. The zero-order valence-corrected chi connectivity index (χ0v) is 19.1. The van der Waals surface area contributed by atoms with Gasteiger partial charge in [0.05, 0.1) is 0 Å². The SMILES string of the molecule is CC1=C(c2ccc(C3=C(C)/C(=C/C4CCCCC4)C3)cc2)C/C1=C\C1CCCCC1. The molecule has 0 spiro atoms. The standard InChI is InChI=1S/C30H38/c1-21-27(17-23-9-5-3-6-10-23)19-29(21)25-13-15-26(16-14-25)30-20-28(22(30)2)18-24-11-7-4-8-12-24/h13-18,23-24H,3-12,19-20H2,1-2H3/b27-17+,28-18+. The van der Waals surface area contributed by atoms with E-state index in [1.807, 2.05) is 0 Å². The molecule has 1 aromatic rings. The Kier molecular flexibility index (Phi) is 5.85.